The maximum Gasteiger partial charge on any atom is 0.0628 e. The van der Waals surface area contributed by atoms with Crippen LogP contribution in [0.25, 0.3) is 0 Å². The zero-order valence-electron chi connectivity index (χ0n) is 13.6. The highest BCUT2D eigenvalue weighted by molar-refractivity contribution is 5.03. The van der Waals surface area contributed by atoms with Gasteiger partial charge in [0.2, 0.25) is 0 Å². The molecule has 0 radical (unpaired) electrons. The highest BCUT2D eigenvalue weighted by Crippen LogP contribution is 2.40. The van der Waals surface area contributed by atoms with E-state index in [0.29, 0.717) is 12.0 Å². The fraction of sp³-hybridized carbons (Fsp3) is 1.00. The van der Waals surface area contributed by atoms with Crippen LogP contribution < -0.4 is 5.32 Å². The molecule has 2 unspecified atom stereocenters. The predicted octanol–water partition coefficient (Wildman–Crippen LogP) is 1.15. The van der Waals surface area contributed by atoms with Crippen molar-refractivity contribution in [3.8, 4) is 0 Å². The summed E-state index contributed by atoms with van der Waals surface area (Å²) in [6.45, 7) is 13.6. The lowest BCUT2D eigenvalue weighted by molar-refractivity contribution is 0.0495. The summed E-state index contributed by atoms with van der Waals surface area (Å²) < 4.78 is 0. The van der Waals surface area contributed by atoms with Crippen LogP contribution in [-0.2, 0) is 0 Å². The molecule has 0 aromatic rings. The summed E-state index contributed by atoms with van der Waals surface area (Å²) in [6.07, 6.45) is 3.79. The summed E-state index contributed by atoms with van der Waals surface area (Å²) in [6, 6.07) is 0.706. The summed E-state index contributed by atoms with van der Waals surface area (Å²) in [5.41, 5.74) is -0.0483. The summed E-state index contributed by atoms with van der Waals surface area (Å²) in [4.78, 5) is 5.15. The number of likely N-dealkylation sites (N-methyl/N-ethyl adjacent to an activating group) is 1. The predicted molar refractivity (Wildman–Crippen MR) is 84.0 cm³/mol. The molecule has 0 amide bonds. The molecule has 0 aromatic heterocycles. The lowest BCUT2D eigenvalue weighted by Crippen LogP contribution is -2.61. The van der Waals surface area contributed by atoms with Crippen molar-refractivity contribution in [3.05, 3.63) is 0 Å². The van der Waals surface area contributed by atoms with Crippen LogP contribution in [-0.4, -0.2) is 72.4 Å². The lowest BCUT2D eigenvalue weighted by Gasteiger charge is -2.43. The van der Waals surface area contributed by atoms with Gasteiger partial charge in [0, 0.05) is 38.8 Å². The van der Waals surface area contributed by atoms with Gasteiger partial charge in [-0.15, -0.1) is 0 Å². The molecule has 2 N–H and O–H groups in total. The molecule has 1 saturated heterocycles. The van der Waals surface area contributed by atoms with Crippen LogP contribution in [0.1, 0.15) is 40.0 Å². The Morgan fingerprint density at radius 3 is 2.30 bits per heavy atom. The van der Waals surface area contributed by atoms with E-state index in [4.69, 9.17) is 0 Å². The number of nitrogens with one attached hydrogen (secondary N) is 1. The van der Waals surface area contributed by atoms with Gasteiger partial charge in [0.1, 0.15) is 0 Å². The molecular weight excluding hydrogens is 250 g/mol. The largest absolute Gasteiger partial charge is 0.394 e. The van der Waals surface area contributed by atoms with E-state index in [1.807, 2.05) is 0 Å². The molecule has 1 saturated carbocycles. The van der Waals surface area contributed by atoms with Crippen LogP contribution in [0.15, 0.2) is 0 Å². The number of hydrogen-bond acceptors (Lipinski definition) is 4. The Morgan fingerprint density at radius 2 is 1.85 bits per heavy atom. The molecule has 0 aromatic carbocycles. The number of rotatable bonds is 8. The van der Waals surface area contributed by atoms with Crippen LogP contribution in [0.5, 0.6) is 0 Å². The number of piperazine rings is 1. The SMILES string of the molecule is CCNC(CO)(CN1CCN(C(C)CC)CC1)C1CC1. The van der Waals surface area contributed by atoms with Crippen molar-refractivity contribution in [1.29, 1.82) is 0 Å². The van der Waals surface area contributed by atoms with E-state index in [9.17, 15) is 5.11 Å². The monoisotopic (exact) mass is 283 g/mol. The molecule has 2 rings (SSSR count). The Balaban J connectivity index is 1.86. The van der Waals surface area contributed by atoms with Gasteiger partial charge >= 0.3 is 0 Å². The van der Waals surface area contributed by atoms with E-state index in [-0.39, 0.29) is 12.1 Å². The zero-order valence-corrected chi connectivity index (χ0v) is 13.6. The van der Waals surface area contributed by atoms with E-state index < -0.39 is 0 Å². The molecule has 2 aliphatic rings. The Hall–Kier alpha value is -0.160. The smallest absolute Gasteiger partial charge is 0.0628 e. The maximum atomic E-state index is 9.93. The molecule has 1 aliphatic heterocycles. The van der Waals surface area contributed by atoms with Crippen LogP contribution in [0, 0.1) is 5.92 Å². The number of aliphatic hydroxyl groups is 1. The third-order valence-electron chi connectivity index (χ3n) is 5.30. The Bertz CT molecular complexity index is 287. The van der Waals surface area contributed by atoms with Gasteiger partial charge in [0.05, 0.1) is 12.1 Å². The first kappa shape index (κ1) is 16.2. The third kappa shape index (κ3) is 3.73. The second kappa shape index (κ2) is 7.21. The molecule has 2 atom stereocenters. The van der Waals surface area contributed by atoms with Crippen LogP contribution in [0.4, 0.5) is 0 Å². The molecule has 4 heteroatoms. The minimum atomic E-state index is -0.0483. The molecular formula is C16H33N3O. The van der Waals surface area contributed by atoms with E-state index in [0.717, 1.165) is 26.2 Å². The van der Waals surface area contributed by atoms with Gasteiger partial charge in [-0.1, -0.05) is 13.8 Å². The van der Waals surface area contributed by atoms with E-state index >= 15 is 0 Å². The Morgan fingerprint density at radius 1 is 1.20 bits per heavy atom. The number of nitrogens with zero attached hydrogens (tertiary/aromatic N) is 2. The molecule has 20 heavy (non-hydrogen) atoms. The molecule has 1 heterocycles. The molecule has 0 spiro atoms. The summed E-state index contributed by atoms with van der Waals surface area (Å²) in [5, 5.41) is 13.5. The van der Waals surface area contributed by atoms with Gasteiger partial charge in [0.25, 0.3) is 0 Å². The normalized spacial score (nSPS) is 26.4. The van der Waals surface area contributed by atoms with Gasteiger partial charge in [-0.25, -0.2) is 0 Å². The van der Waals surface area contributed by atoms with Crippen molar-refractivity contribution in [1.82, 2.24) is 15.1 Å². The lowest BCUT2D eigenvalue weighted by atomic mass is 9.92. The quantitative estimate of drug-likeness (QED) is 0.701. The Kier molecular flexibility index (Phi) is 5.84. The first-order valence-corrected chi connectivity index (χ1v) is 8.47. The summed E-state index contributed by atoms with van der Waals surface area (Å²) in [7, 11) is 0. The van der Waals surface area contributed by atoms with E-state index in [2.05, 4.69) is 35.9 Å². The van der Waals surface area contributed by atoms with Crippen molar-refractivity contribution >= 4 is 0 Å². The average molecular weight is 283 g/mol. The number of hydrogen-bond donors (Lipinski definition) is 2. The van der Waals surface area contributed by atoms with Gasteiger partial charge in [-0.05, 0) is 38.6 Å². The average Bonchev–Trinajstić information content (AvgIpc) is 3.31. The summed E-state index contributed by atoms with van der Waals surface area (Å²) in [5.74, 6) is 0.681. The maximum absolute atomic E-state index is 9.93. The summed E-state index contributed by atoms with van der Waals surface area (Å²) >= 11 is 0. The van der Waals surface area contributed by atoms with E-state index in [1.165, 1.54) is 32.4 Å². The second-order valence-electron chi connectivity index (χ2n) is 6.69. The molecule has 0 bridgehead atoms. The molecule has 118 valence electrons. The highest BCUT2D eigenvalue weighted by Gasteiger charge is 2.45. The van der Waals surface area contributed by atoms with E-state index in [1.54, 1.807) is 0 Å². The third-order valence-corrected chi connectivity index (χ3v) is 5.30. The molecule has 4 nitrogen and oxygen atoms in total. The van der Waals surface area contributed by atoms with Crippen molar-refractivity contribution < 1.29 is 5.11 Å². The fourth-order valence-corrected chi connectivity index (χ4v) is 3.57. The standard InChI is InChI=1S/C16H33N3O/c1-4-14(3)19-10-8-18(9-11-19)12-16(13-20,17-5-2)15-6-7-15/h14-15,17,20H,4-13H2,1-3H3. The van der Waals surface area contributed by atoms with Crippen molar-refractivity contribution in [2.75, 3.05) is 45.9 Å². The van der Waals surface area contributed by atoms with Gasteiger partial charge in [-0.3, -0.25) is 9.80 Å². The second-order valence-corrected chi connectivity index (χ2v) is 6.69. The topological polar surface area (TPSA) is 38.7 Å². The minimum Gasteiger partial charge on any atom is -0.394 e. The van der Waals surface area contributed by atoms with Crippen molar-refractivity contribution in [2.24, 2.45) is 5.92 Å². The zero-order chi connectivity index (χ0) is 14.6. The van der Waals surface area contributed by atoms with Crippen LogP contribution in [0.2, 0.25) is 0 Å². The Labute approximate surface area is 124 Å². The number of aliphatic hydroxyl groups excluding tert-OH is 1. The first-order valence-electron chi connectivity index (χ1n) is 8.47. The first-order chi connectivity index (χ1) is 9.65. The van der Waals surface area contributed by atoms with Crippen LogP contribution >= 0.6 is 0 Å². The van der Waals surface area contributed by atoms with Crippen LogP contribution in [0.3, 0.4) is 0 Å². The molecule has 2 fully saturated rings. The van der Waals surface area contributed by atoms with Gasteiger partial charge in [-0.2, -0.15) is 0 Å². The molecule has 1 aliphatic carbocycles. The van der Waals surface area contributed by atoms with Crippen molar-refractivity contribution in [3.63, 3.8) is 0 Å². The highest BCUT2D eigenvalue weighted by atomic mass is 16.3. The fourth-order valence-electron chi connectivity index (χ4n) is 3.57. The van der Waals surface area contributed by atoms with Gasteiger partial charge < -0.3 is 10.4 Å². The van der Waals surface area contributed by atoms with Crippen molar-refractivity contribution in [2.45, 2.75) is 51.6 Å². The minimum absolute atomic E-state index is 0.0483. The van der Waals surface area contributed by atoms with Gasteiger partial charge in [0.15, 0.2) is 0 Å².